The average molecular weight is 338 g/mol. The smallest absolute Gasteiger partial charge is 0.234 e. The van der Waals surface area contributed by atoms with E-state index in [1.54, 1.807) is 4.52 Å². The molecule has 0 saturated carbocycles. The molecule has 2 aromatic heterocycles. The molecular formula is C17H14N4O2S. The zero-order chi connectivity index (χ0) is 16.2. The number of rotatable bonds is 6. The summed E-state index contributed by atoms with van der Waals surface area (Å²) in [5, 5.41) is 13.6. The van der Waals surface area contributed by atoms with Gasteiger partial charge in [0.2, 0.25) is 4.96 Å². The molecule has 24 heavy (non-hydrogen) atoms. The summed E-state index contributed by atoms with van der Waals surface area (Å²) in [6.07, 6.45) is 0. The number of fused-ring (bicyclic) bond motifs is 1. The number of hydrogen-bond donors (Lipinski definition) is 0. The lowest BCUT2D eigenvalue weighted by Gasteiger charge is -2.03. The highest BCUT2D eigenvalue weighted by Gasteiger charge is 2.12. The number of aromatic nitrogens is 4. The van der Waals surface area contributed by atoms with Crippen LogP contribution in [0.4, 0.5) is 0 Å². The van der Waals surface area contributed by atoms with Gasteiger partial charge in [0.15, 0.2) is 10.8 Å². The van der Waals surface area contributed by atoms with Gasteiger partial charge in [0.25, 0.3) is 0 Å². The largest absolute Gasteiger partial charge is 0.486 e. The first kappa shape index (κ1) is 14.6. The molecule has 6 nitrogen and oxygen atoms in total. The molecule has 4 aromatic rings. The number of hydrogen-bond acceptors (Lipinski definition) is 6. The first-order valence-corrected chi connectivity index (χ1v) is 8.26. The SMILES string of the molecule is c1ccc(OCc2nn3c(COc4ccccc4)nnc3s2)cc1. The maximum Gasteiger partial charge on any atom is 0.234 e. The van der Waals surface area contributed by atoms with E-state index in [1.807, 2.05) is 60.7 Å². The fourth-order valence-corrected chi connectivity index (χ4v) is 2.94. The Bertz CT molecular complexity index is 922. The van der Waals surface area contributed by atoms with E-state index in [-0.39, 0.29) is 0 Å². The molecule has 0 bridgehead atoms. The van der Waals surface area contributed by atoms with Crippen LogP contribution in [-0.4, -0.2) is 19.8 Å². The summed E-state index contributed by atoms with van der Waals surface area (Å²) in [6.45, 7) is 0.713. The molecule has 0 N–H and O–H groups in total. The Morgan fingerprint density at radius 1 is 0.792 bits per heavy atom. The summed E-state index contributed by atoms with van der Waals surface area (Å²) in [7, 11) is 0. The van der Waals surface area contributed by atoms with Crippen molar-refractivity contribution < 1.29 is 9.47 Å². The summed E-state index contributed by atoms with van der Waals surface area (Å²) >= 11 is 1.46. The minimum Gasteiger partial charge on any atom is -0.486 e. The van der Waals surface area contributed by atoms with Crippen LogP contribution in [0.5, 0.6) is 11.5 Å². The highest BCUT2D eigenvalue weighted by Crippen LogP contribution is 2.18. The van der Waals surface area contributed by atoms with Crippen LogP contribution in [0.2, 0.25) is 0 Å². The van der Waals surface area contributed by atoms with E-state index in [2.05, 4.69) is 15.3 Å². The molecule has 7 heteroatoms. The number of nitrogens with zero attached hydrogens (tertiary/aromatic N) is 4. The van der Waals surface area contributed by atoms with Gasteiger partial charge in [0.05, 0.1) is 0 Å². The summed E-state index contributed by atoms with van der Waals surface area (Å²) < 4.78 is 13.1. The van der Waals surface area contributed by atoms with Crippen molar-refractivity contribution in [2.75, 3.05) is 0 Å². The second kappa shape index (κ2) is 6.67. The van der Waals surface area contributed by atoms with Crippen molar-refractivity contribution in [1.29, 1.82) is 0 Å². The highest BCUT2D eigenvalue weighted by molar-refractivity contribution is 7.16. The maximum atomic E-state index is 5.72. The molecule has 0 saturated heterocycles. The van der Waals surface area contributed by atoms with Crippen molar-refractivity contribution in [2.24, 2.45) is 0 Å². The Hall–Kier alpha value is -2.93. The van der Waals surface area contributed by atoms with E-state index in [1.165, 1.54) is 11.3 Å². The van der Waals surface area contributed by atoms with Crippen LogP contribution in [0.1, 0.15) is 10.8 Å². The average Bonchev–Trinajstić information content (AvgIpc) is 3.20. The normalized spacial score (nSPS) is 10.8. The Morgan fingerprint density at radius 2 is 1.42 bits per heavy atom. The Balaban J connectivity index is 1.45. The van der Waals surface area contributed by atoms with Gasteiger partial charge in [-0.05, 0) is 24.3 Å². The predicted molar refractivity (Wildman–Crippen MR) is 90.2 cm³/mol. The number of benzene rings is 2. The fraction of sp³-hybridized carbons (Fsp3) is 0.118. The summed E-state index contributed by atoms with van der Waals surface area (Å²) in [5.74, 6) is 2.27. The molecule has 0 atom stereocenters. The van der Waals surface area contributed by atoms with E-state index in [0.29, 0.717) is 19.0 Å². The molecule has 0 aliphatic carbocycles. The highest BCUT2D eigenvalue weighted by atomic mass is 32.1. The van der Waals surface area contributed by atoms with Crippen molar-refractivity contribution >= 4 is 16.3 Å². The van der Waals surface area contributed by atoms with Crippen molar-refractivity contribution in [3.63, 3.8) is 0 Å². The predicted octanol–water partition coefficient (Wildman–Crippen LogP) is 3.34. The van der Waals surface area contributed by atoms with Crippen LogP contribution >= 0.6 is 11.3 Å². The molecule has 0 fully saturated rings. The van der Waals surface area contributed by atoms with Gasteiger partial charge in [-0.1, -0.05) is 47.7 Å². The van der Waals surface area contributed by atoms with Crippen LogP contribution in [0.15, 0.2) is 60.7 Å². The quantitative estimate of drug-likeness (QED) is 0.539. The van der Waals surface area contributed by atoms with Gasteiger partial charge in [-0.2, -0.15) is 9.61 Å². The van der Waals surface area contributed by atoms with Gasteiger partial charge in [-0.15, -0.1) is 10.2 Å². The summed E-state index contributed by atoms with van der Waals surface area (Å²) in [5.41, 5.74) is 0. The fourth-order valence-electron chi connectivity index (χ4n) is 2.17. The zero-order valence-corrected chi connectivity index (χ0v) is 13.5. The lowest BCUT2D eigenvalue weighted by Crippen LogP contribution is -2.03. The monoisotopic (exact) mass is 338 g/mol. The molecular weight excluding hydrogens is 324 g/mol. The molecule has 0 radical (unpaired) electrons. The van der Waals surface area contributed by atoms with Crippen molar-refractivity contribution in [3.05, 3.63) is 71.5 Å². The Labute approximate surface area is 142 Å². The molecule has 120 valence electrons. The summed E-state index contributed by atoms with van der Waals surface area (Å²) in [4.78, 5) is 0.730. The van der Waals surface area contributed by atoms with Crippen LogP contribution in [0.3, 0.4) is 0 Å². The third-order valence-electron chi connectivity index (χ3n) is 3.31. The van der Waals surface area contributed by atoms with Gasteiger partial charge in [-0.3, -0.25) is 0 Å². The lowest BCUT2D eigenvalue weighted by molar-refractivity contribution is 0.290. The minimum absolute atomic E-state index is 0.313. The first-order chi connectivity index (χ1) is 11.9. The van der Waals surface area contributed by atoms with Gasteiger partial charge in [-0.25, -0.2) is 0 Å². The van der Waals surface area contributed by atoms with Crippen LogP contribution < -0.4 is 9.47 Å². The van der Waals surface area contributed by atoms with Gasteiger partial charge in [0, 0.05) is 0 Å². The minimum atomic E-state index is 0.313. The van der Waals surface area contributed by atoms with Crippen molar-refractivity contribution in [1.82, 2.24) is 19.8 Å². The Morgan fingerprint density at radius 3 is 2.08 bits per heavy atom. The van der Waals surface area contributed by atoms with E-state index >= 15 is 0 Å². The van der Waals surface area contributed by atoms with E-state index in [0.717, 1.165) is 21.5 Å². The van der Waals surface area contributed by atoms with E-state index in [4.69, 9.17) is 9.47 Å². The van der Waals surface area contributed by atoms with Gasteiger partial charge < -0.3 is 9.47 Å². The lowest BCUT2D eigenvalue weighted by atomic mass is 10.3. The topological polar surface area (TPSA) is 61.5 Å². The molecule has 0 aliphatic heterocycles. The molecule has 2 heterocycles. The first-order valence-electron chi connectivity index (χ1n) is 7.44. The van der Waals surface area contributed by atoms with Crippen LogP contribution in [0.25, 0.3) is 4.96 Å². The van der Waals surface area contributed by atoms with Crippen molar-refractivity contribution in [2.45, 2.75) is 13.2 Å². The molecule has 0 aliphatic rings. The van der Waals surface area contributed by atoms with Gasteiger partial charge >= 0.3 is 0 Å². The molecule has 2 aromatic carbocycles. The van der Waals surface area contributed by atoms with E-state index in [9.17, 15) is 0 Å². The Kier molecular flexibility index (Phi) is 4.07. The molecule has 4 rings (SSSR count). The third kappa shape index (κ3) is 3.21. The van der Waals surface area contributed by atoms with Crippen molar-refractivity contribution in [3.8, 4) is 11.5 Å². The van der Waals surface area contributed by atoms with Crippen LogP contribution in [-0.2, 0) is 13.2 Å². The van der Waals surface area contributed by atoms with Crippen LogP contribution in [0, 0.1) is 0 Å². The maximum absolute atomic E-state index is 5.72. The molecule has 0 spiro atoms. The van der Waals surface area contributed by atoms with E-state index < -0.39 is 0 Å². The standard InChI is InChI=1S/C17H14N4O2S/c1-3-7-13(8-4-1)22-11-15-18-19-17-21(15)20-16(24-17)12-23-14-9-5-2-6-10-14/h1-10H,11-12H2. The molecule has 0 amide bonds. The number of para-hydroxylation sites is 2. The number of ether oxygens (including phenoxy) is 2. The summed E-state index contributed by atoms with van der Waals surface area (Å²) in [6, 6.07) is 19.3. The van der Waals surface area contributed by atoms with Gasteiger partial charge in [0.1, 0.15) is 24.7 Å². The second-order valence-electron chi connectivity index (χ2n) is 5.01. The third-order valence-corrected chi connectivity index (χ3v) is 4.19. The molecule has 0 unspecified atom stereocenters. The second-order valence-corrected chi connectivity index (χ2v) is 6.05. The zero-order valence-electron chi connectivity index (χ0n) is 12.7.